The predicted octanol–water partition coefficient (Wildman–Crippen LogP) is 8.36. The SMILES string of the molecule is COC(=O)NC(C(=O)NCCCCc1ncc(-c2ccc3c(c2)Oc2ccc(-c4cnc(C5CCCN5C(=O)C(NC(=O)OC)C5CCCCC5)[nH]4)cc2C32CC2)[nH]1)C1CCCCC1. The minimum Gasteiger partial charge on any atom is -0.457 e. The fourth-order valence-corrected chi connectivity index (χ4v) is 10.9. The van der Waals surface area contributed by atoms with Gasteiger partial charge < -0.3 is 45.0 Å². The van der Waals surface area contributed by atoms with Crippen molar-refractivity contribution in [3.8, 4) is 34.0 Å². The Balaban J connectivity index is 0.821. The van der Waals surface area contributed by atoms with Crippen molar-refractivity contribution >= 4 is 24.0 Å². The number of H-pyrrole nitrogens is 2. The second-order valence-electron chi connectivity index (χ2n) is 18.5. The predicted molar refractivity (Wildman–Crippen MR) is 240 cm³/mol. The highest BCUT2D eigenvalue weighted by Crippen LogP contribution is 2.62. The zero-order valence-corrected chi connectivity index (χ0v) is 37.1. The number of methoxy groups -OCH3 is 2. The zero-order chi connectivity index (χ0) is 44.2. The van der Waals surface area contributed by atoms with E-state index in [1.165, 1.54) is 31.8 Å². The van der Waals surface area contributed by atoms with E-state index in [9.17, 15) is 19.2 Å². The maximum atomic E-state index is 14.1. The van der Waals surface area contributed by atoms with E-state index in [4.69, 9.17) is 19.2 Å². The third-order valence-corrected chi connectivity index (χ3v) is 14.5. The molecular weight excluding hydrogens is 813 g/mol. The standard InChI is InChI=1S/C49H62N8O7/c1-62-47(60)55-42(30-12-5-3-6-13-30)45(58)50-24-10-9-17-41-51-28-36(53-41)33-18-20-34-40(27-33)64-39-21-19-32(26-35(39)49(34)22-23-49)37-29-52-44(54-37)38-16-11-25-57(38)46(59)43(56-48(61)63-2)31-14-7-4-8-15-31/h18-21,26-31,38,42-43H,3-17,22-25H2,1-2H3,(H,50,58)(H,51,53)(H,52,54)(H,55,60)(H,56,61). The van der Waals surface area contributed by atoms with E-state index >= 15 is 0 Å². The van der Waals surface area contributed by atoms with Crippen LogP contribution in [0.15, 0.2) is 48.8 Å². The number of nitrogens with zero attached hydrogens (tertiary/aromatic N) is 3. The molecular formula is C49H62N8O7. The molecule has 64 heavy (non-hydrogen) atoms. The van der Waals surface area contributed by atoms with E-state index in [1.54, 1.807) is 0 Å². The number of aromatic nitrogens is 4. The molecule has 3 aliphatic carbocycles. The van der Waals surface area contributed by atoms with E-state index in [0.29, 0.717) is 13.1 Å². The van der Waals surface area contributed by atoms with Crippen LogP contribution in [0, 0.1) is 11.8 Å². The average molecular weight is 875 g/mol. The first-order valence-corrected chi connectivity index (χ1v) is 23.6. The van der Waals surface area contributed by atoms with Crippen molar-refractivity contribution in [1.82, 2.24) is 40.8 Å². The third kappa shape index (κ3) is 9.08. The minimum atomic E-state index is -0.608. The molecule has 4 heterocycles. The van der Waals surface area contributed by atoms with Crippen LogP contribution in [-0.2, 0) is 30.9 Å². The Morgan fingerprint density at radius 3 is 2.12 bits per heavy atom. The maximum Gasteiger partial charge on any atom is 0.407 e. The number of benzene rings is 2. The summed E-state index contributed by atoms with van der Waals surface area (Å²) in [5.74, 6) is 3.38. The lowest BCUT2D eigenvalue weighted by Gasteiger charge is -2.34. The van der Waals surface area contributed by atoms with Gasteiger partial charge in [-0.15, -0.1) is 0 Å². The van der Waals surface area contributed by atoms with Crippen LogP contribution in [-0.4, -0.2) is 88.2 Å². The lowest BCUT2D eigenvalue weighted by atomic mass is 9.83. The number of imidazole rings is 2. The van der Waals surface area contributed by atoms with Gasteiger partial charge in [0.25, 0.3) is 0 Å². The van der Waals surface area contributed by atoms with E-state index in [1.807, 2.05) is 17.3 Å². The largest absolute Gasteiger partial charge is 0.457 e. The van der Waals surface area contributed by atoms with Crippen LogP contribution in [0.25, 0.3) is 22.5 Å². The summed E-state index contributed by atoms with van der Waals surface area (Å²) in [6.45, 7) is 1.14. The van der Waals surface area contributed by atoms with Crippen LogP contribution in [0.5, 0.6) is 11.5 Å². The van der Waals surface area contributed by atoms with Crippen molar-refractivity contribution in [3.05, 3.63) is 71.6 Å². The molecule has 0 bridgehead atoms. The quantitative estimate of drug-likeness (QED) is 0.0775. The molecule has 3 unspecified atom stereocenters. The van der Waals surface area contributed by atoms with Crippen LogP contribution in [0.3, 0.4) is 0 Å². The topological polar surface area (TPSA) is 193 Å². The van der Waals surface area contributed by atoms with Gasteiger partial charge in [0.1, 0.15) is 35.2 Å². The fourth-order valence-electron chi connectivity index (χ4n) is 10.9. The number of hydrogen-bond donors (Lipinski definition) is 5. The van der Waals surface area contributed by atoms with Crippen LogP contribution in [0.4, 0.5) is 9.59 Å². The molecule has 9 rings (SSSR count). The molecule has 2 aromatic heterocycles. The molecule has 3 atom stereocenters. The van der Waals surface area contributed by atoms with Gasteiger partial charge in [0.05, 0.1) is 44.0 Å². The first-order valence-electron chi connectivity index (χ1n) is 23.6. The smallest absolute Gasteiger partial charge is 0.407 e. The summed E-state index contributed by atoms with van der Waals surface area (Å²) < 4.78 is 16.4. The van der Waals surface area contributed by atoms with E-state index in [0.717, 1.165) is 148 Å². The molecule has 15 nitrogen and oxygen atoms in total. The molecule has 1 spiro atoms. The van der Waals surface area contributed by atoms with Crippen LogP contribution in [0.2, 0.25) is 0 Å². The molecule has 4 aromatic rings. The Hall–Kier alpha value is -5.86. The van der Waals surface area contributed by atoms with Crippen molar-refractivity contribution < 1.29 is 33.4 Å². The van der Waals surface area contributed by atoms with Gasteiger partial charge >= 0.3 is 12.2 Å². The molecule has 4 fully saturated rings. The van der Waals surface area contributed by atoms with Gasteiger partial charge in [0, 0.05) is 47.2 Å². The van der Waals surface area contributed by atoms with Crippen molar-refractivity contribution in [2.75, 3.05) is 27.3 Å². The van der Waals surface area contributed by atoms with Gasteiger partial charge in [0.2, 0.25) is 11.8 Å². The number of aryl methyl sites for hydroxylation is 1. The average Bonchev–Trinajstić information content (AvgIpc) is 3.67. The van der Waals surface area contributed by atoms with E-state index in [2.05, 4.69) is 67.3 Å². The Bertz CT molecular complexity index is 2320. The number of amides is 4. The molecule has 5 N–H and O–H groups in total. The molecule has 340 valence electrons. The van der Waals surface area contributed by atoms with Crippen LogP contribution < -0.4 is 20.7 Å². The van der Waals surface area contributed by atoms with Crippen molar-refractivity contribution in [2.24, 2.45) is 11.8 Å². The summed E-state index contributed by atoms with van der Waals surface area (Å²) in [5, 5.41) is 8.69. The summed E-state index contributed by atoms with van der Waals surface area (Å²) in [6, 6.07) is 11.4. The van der Waals surface area contributed by atoms with E-state index < -0.39 is 24.3 Å². The van der Waals surface area contributed by atoms with Crippen LogP contribution in [0.1, 0.15) is 132 Å². The number of aromatic amines is 2. The number of unbranched alkanes of at least 4 members (excludes halogenated alkanes) is 1. The molecule has 15 heteroatoms. The van der Waals surface area contributed by atoms with Crippen molar-refractivity contribution in [1.29, 1.82) is 0 Å². The number of fused-ring (bicyclic) bond motifs is 4. The highest BCUT2D eigenvalue weighted by Gasteiger charge is 2.52. The van der Waals surface area contributed by atoms with Crippen LogP contribution >= 0.6 is 0 Å². The molecule has 2 aromatic carbocycles. The number of likely N-dealkylation sites (tertiary alicyclic amines) is 1. The maximum absolute atomic E-state index is 14.1. The highest BCUT2D eigenvalue weighted by atomic mass is 16.5. The molecule has 5 aliphatic rings. The number of nitrogens with one attached hydrogen (secondary N) is 5. The van der Waals surface area contributed by atoms with Gasteiger partial charge in [0.15, 0.2) is 0 Å². The van der Waals surface area contributed by atoms with Gasteiger partial charge in [-0.25, -0.2) is 19.6 Å². The Morgan fingerprint density at radius 1 is 0.750 bits per heavy atom. The van der Waals surface area contributed by atoms with Crippen molar-refractivity contribution in [3.63, 3.8) is 0 Å². The fraction of sp³-hybridized carbons (Fsp3) is 0.551. The first-order chi connectivity index (χ1) is 31.2. The second-order valence-corrected chi connectivity index (χ2v) is 18.5. The zero-order valence-electron chi connectivity index (χ0n) is 37.1. The Morgan fingerprint density at radius 2 is 1.41 bits per heavy atom. The number of alkyl carbamates (subject to hydrolysis) is 2. The minimum absolute atomic E-state index is 0.0556. The molecule has 3 saturated carbocycles. The van der Waals surface area contributed by atoms with Gasteiger partial charge in [-0.3, -0.25) is 9.59 Å². The Labute approximate surface area is 374 Å². The molecule has 2 aliphatic heterocycles. The number of carbonyl (C=O) groups is 4. The summed E-state index contributed by atoms with van der Waals surface area (Å²) in [7, 11) is 2.66. The van der Waals surface area contributed by atoms with E-state index in [-0.39, 0.29) is 35.1 Å². The van der Waals surface area contributed by atoms with Gasteiger partial charge in [-0.05, 0) is 100 Å². The summed E-state index contributed by atoms with van der Waals surface area (Å²) in [6.07, 6.45) is 19.0. The van der Waals surface area contributed by atoms with Crippen molar-refractivity contribution in [2.45, 2.75) is 133 Å². The number of rotatable bonds is 14. The molecule has 0 radical (unpaired) electrons. The lowest BCUT2D eigenvalue weighted by molar-refractivity contribution is -0.136. The number of ether oxygens (including phenoxy) is 3. The highest BCUT2D eigenvalue weighted by molar-refractivity contribution is 5.87. The van der Waals surface area contributed by atoms with Gasteiger partial charge in [-0.1, -0.05) is 50.7 Å². The monoisotopic (exact) mass is 874 g/mol. The third-order valence-electron chi connectivity index (χ3n) is 14.5. The lowest BCUT2D eigenvalue weighted by Crippen LogP contribution is -2.52. The number of hydrogen-bond acceptors (Lipinski definition) is 9. The van der Waals surface area contributed by atoms with Gasteiger partial charge in [-0.2, -0.15) is 0 Å². The molecule has 1 saturated heterocycles. The number of carbonyl (C=O) groups excluding carboxylic acids is 4. The normalized spacial score (nSPS) is 20.0. The first kappa shape index (κ1) is 43.4. The summed E-state index contributed by atoms with van der Waals surface area (Å²) >= 11 is 0. The second kappa shape index (κ2) is 19.1. The Kier molecular flexibility index (Phi) is 12.9. The summed E-state index contributed by atoms with van der Waals surface area (Å²) in [5.41, 5.74) is 6.08. The molecule has 4 amide bonds. The summed E-state index contributed by atoms with van der Waals surface area (Å²) in [4.78, 5) is 70.0.